The Hall–Kier alpha value is -2.30. The number of carbonyl (C=O) groups excluding carboxylic acids is 1. The summed E-state index contributed by atoms with van der Waals surface area (Å²) in [6, 6.07) is 8.12. The van der Waals surface area contributed by atoms with Gasteiger partial charge in [-0.3, -0.25) is 4.79 Å². The molecule has 23 heavy (non-hydrogen) atoms. The van der Waals surface area contributed by atoms with E-state index in [0.717, 1.165) is 36.2 Å². The van der Waals surface area contributed by atoms with Crippen LogP contribution in [0.15, 0.2) is 30.5 Å². The molecule has 0 aliphatic carbocycles. The van der Waals surface area contributed by atoms with Gasteiger partial charge in [-0.25, -0.2) is 4.98 Å². The molecule has 2 heterocycles. The molecular formula is C18H22N4O. The van der Waals surface area contributed by atoms with Crippen LogP contribution in [-0.2, 0) is 4.79 Å². The number of carbonyl (C=O) groups is 1. The van der Waals surface area contributed by atoms with E-state index in [2.05, 4.69) is 33.1 Å². The first-order valence-electron chi connectivity index (χ1n) is 8.22. The molecule has 0 unspecified atom stereocenters. The van der Waals surface area contributed by atoms with Gasteiger partial charge in [0.1, 0.15) is 5.78 Å². The van der Waals surface area contributed by atoms with E-state index in [1.165, 1.54) is 0 Å². The van der Waals surface area contributed by atoms with E-state index in [-0.39, 0.29) is 5.92 Å². The average Bonchev–Trinajstić information content (AvgIpc) is 2.61. The summed E-state index contributed by atoms with van der Waals surface area (Å²) in [7, 11) is 0. The van der Waals surface area contributed by atoms with E-state index in [0.29, 0.717) is 24.7 Å². The smallest absolute Gasteiger partial charge is 0.245 e. The second kappa shape index (κ2) is 6.86. The molecule has 1 atom stereocenters. The topological polar surface area (TPSA) is 59.0 Å². The number of aryl methyl sites for hydroxylation is 1. The van der Waals surface area contributed by atoms with Crippen LogP contribution in [0.3, 0.4) is 0 Å². The van der Waals surface area contributed by atoms with Crippen molar-refractivity contribution >= 4 is 11.7 Å². The molecule has 0 bridgehead atoms. The van der Waals surface area contributed by atoms with Crippen molar-refractivity contribution in [2.75, 3.05) is 18.0 Å². The third-order valence-electron chi connectivity index (χ3n) is 4.48. The Balaban J connectivity index is 1.85. The molecule has 0 radical (unpaired) electrons. The molecule has 1 aliphatic heterocycles. The Kier molecular flexibility index (Phi) is 4.65. The Morgan fingerprint density at radius 2 is 2.17 bits per heavy atom. The van der Waals surface area contributed by atoms with E-state index < -0.39 is 0 Å². The lowest BCUT2D eigenvalue weighted by Gasteiger charge is -2.31. The molecule has 0 amide bonds. The molecular weight excluding hydrogens is 288 g/mol. The number of hydrogen-bond acceptors (Lipinski definition) is 5. The molecule has 0 saturated carbocycles. The molecule has 1 aromatic heterocycles. The van der Waals surface area contributed by atoms with Crippen molar-refractivity contribution in [2.45, 2.75) is 33.1 Å². The van der Waals surface area contributed by atoms with Crippen LogP contribution >= 0.6 is 0 Å². The standard InChI is InChI=1S/C18H22N4O/c1-3-17(23)14-8-6-10-22(12-14)18-20-16(11-19-21-18)15-9-5-4-7-13(15)2/h4-5,7,9,11,14H,3,6,8,10,12H2,1-2H3/t14-/m0/s1. The van der Waals surface area contributed by atoms with E-state index in [1.54, 1.807) is 6.20 Å². The predicted octanol–water partition coefficient (Wildman–Crippen LogP) is 3.04. The van der Waals surface area contributed by atoms with Gasteiger partial charge in [0.15, 0.2) is 0 Å². The van der Waals surface area contributed by atoms with E-state index in [1.807, 2.05) is 25.1 Å². The van der Waals surface area contributed by atoms with Gasteiger partial charge in [-0.2, -0.15) is 5.10 Å². The fourth-order valence-corrected chi connectivity index (χ4v) is 3.13. The minimum atomic E-state index is 0.0967. The van der Waals surface area contributed by atoms with Crippen LogP contribution in [0.1, 0.15) is 31.7 Å². The molecule has 2 aromatic rings. The van der Waals surface area contributed by atoms with Gasteiger partial charge in [0, 0.05) is 31.0 Å². The van der Waals surface area contributed by atoms with Crippen LogP contribution in [-0.4, -0.2) is 34.1 Å². The summed E-state index contributed by atoms with van der Waals surface area (Å²) < 4.78 is 0. The van der Waals surface area contributed by atoms with Crippen LogP contribution in [0, 0.1) is 12.8 Å². The quantitative estimate of drug-likeness (QED) is 0.868. The maximum atomic E-state index is 12.0. The van der Waals surface area contributed by atoms with E-state index >= 15 is 0 Å². The normalized spacial score (nSPS) is 18.0. The number of Topliss-reactive ketones (excluding diaryl/α,β-unsaturated/α-hetero) is 1. The molecule has 120 valence electrons. The molecule has 5 heteroatoms. The molecule has 1 aromatic carbocycles. The van der Waals surface area contributed by atoms with Crippen molar-refractivity contribution in [2.24, 2.45) is 5.92 Å². The van der Waals surface area contributed by atoms with Crippen molar-refractivity contribution in [3.05, 3.63) is 36.0 Å². The number of nitrogens with zero attached hydrogens (tertiary/aromatic N) is 4. The lowest BCUT2D eigenvalue weighted by molar-refractivity contribution is -0.122. The molecule has 0 N–H and O–H groups in total. The number of aromatic nitrogens is 3. The predicted molar refractivity (Wildman–Crippen MR) is 90.2 cm³/mol. The first kappa shape index (κ1) is 15.6. The lowest BCUT2D eigenvalue weighted by Crippen LogP contribution is -2.39. The number of piperidine rings is 1. The molecule has 1 saturated heterocycles. The summed E-state index contributed by atoms with van der Waals surface area (Å²) in [6.45, 7) is 5.57. The zero-order chi connectivity index (χ0) is 16.2. The van der Waals surface area contributed by atoms with Crippen molar-refractivity contribution in [1.29, 1.82) is 0 Å². The first-order chi connectivity index (χ1) is 11.2. The van der Waals surface area contributed by atoms with Crippen molar-refractivity contribution in [3.8, 4) is 11.3 Å². The van der Waals surface area contributed by atoms with Gasteiger partial charge in [-0.05, 0) is 25.3 Å². The molecule has 1 aliphatic rings. The third-order valence-corrected chi connectivity index (χ3v) is 4.48. The summed E-state index contributed by atoms with van der Waals surface area (Å²) in [4.78, 5) is 18.8. The fraction of sp³-hybridized carbons (Fsp3) is 0.444. The highest BCUT2D eigenvalue weighted by atomic mass is 16.1. The Morgan fingerprint density at radius 3 is 2.96 bits per heavy atom. The summed E-state index contributed by atoms with van der Waals surface area (Å²) in [5, 5.41) is 8.32. The SMILES string of the molecule is CCC(=O)[C@H]1CCCN(c2nncc(-c3ccccc3C)n2)C1. The number of rotatable bonds is 4. The minimum absolute atomic E-state index is 0.0967. The van der Waals surface area contributed by atoms with Gasteiger partial charge in [-0.15, -0.1) is 5.10 Å². The summed E-state index contributed by atoms with van der Waals surface area (Å²) in [5.41, 5.74) is 3.07. The zero-order valence-electron chi connectivity index (χ0n) is 13.7. The number of hydrogen-bond donors (Lipinski definition) is 0. The van der Waals surface area contributed by atoms with Crippen LogP contribution in [0.25, 0.3) is 11.3 Å². The highest BCUT2D eigenvalue weighted by Gasteiger charge is 2.26. The second-order valence-corrected chi connectivity index (χ2v) is 6.06. The lowest BCUT2D eigenvalue weighted by atomic mass is 9.93. The Bertz CT molecular complexity index is 701. The van der Waals surface area contributed by atoms with E-state index in [4.69, 9.17) is 0 Å². The second-order valence-electron chi connectivity index (χ2n) is 6.06. The number of benzene rings is 1. The zero-order valence-corrected chi connectivity index (χ0v) is 13.7. The molecule has 5 nitrogen and oxygen atoms in total. The average molecular weight is 310 g/mol. The maximum absolute atomic E-state index is 12.0. The summed E-state index contributed by atoms with van der Waals surface area (Å²) in [5.74, 6) is 1.05. The molecule has 1 fully saturated rings. The van der Waals surface area contributed by atoms with Crippen LogP contribution in [0.5, 0.6) is 0 Å². The molecule has 3 rings (SSSR count). The van der Waals surface area contributed by atoms with Gasteiger partial charge in [-0.1, -0.05) is 31.2 Å². The third kappa shape index (κ3) is 3.38. The van der Waals surface area contributed by atoms with Gasteiger partial charge in [0.05, 0.1) is 11.9 Å². The van der Waals surface area contributed by atoms with Gasteiger partial charge in [0.2, 0.25) is 5.95 Å². The van der Waals surface area contributed by atoms with Crippen molar-refractivity contribution < 1.29 is 4.79 Å². The van der Waals surface area contributed by atoms with Gasteiger partial charge >= 0.3 is 0 Å². The molecule has 0 spiro atoms. The van der Waals surface area contributed by atoms with Gasteiger partial charge < -0.3 is 4.90 Å². The van der Waals surface area contributed by atoms with Crippen molar-refractivity contribution in [1.82, 2.24) is 15.2 Å². The number of anilines is 1. The minimum Gasteiger partial charge on any atom is -0.339 e. The Labute approximate surface area is 136 Å². The van der Waals surface area contributed by atoms with E-state index in [9.17, 15) is 4.79 Å². The monoisotopic (exact) mass is 310 g/mol. The summed E-state index contributed by atoms with van der Waals surface area (Å²) >= 11 is 0. The van der Waals surface area contributed by atoms with Crippen LogP contribution in [0.2, 0.25) is 0 Å². The van der Waals surface area contributed by atoms with Gasteiger partial charge in [0.25, 0.3) is 0 Å². The first-order valence-corrected chi connectivity index (χ1v) is 8.22. The maximum Gasteiger partial charge on any atom is 0.245 e. The highest BCUT2D eigenvalue weighted by Crippen LogP contribution is 2.25. The number of ketones is 1. The van der Waals surface area contributed by atoms with Crippen LogP contribution in [0.4, 0.5) is 5.95 Å². The largest absolute Gasteiger partial charge is 0.339 e. The summed E-state index contributed by atoms with van der Waals surface area (Å²) in [6.07, 6.45) is 4.26. The van der Waals surface area contributed by atoms with Crippen LogP contribution < -0.4 is 4.90 Å². The fourth-order valence-electron chi connectivity index (χ4n) is 3.13. The Morgan fingerprint density at radius 1 is 1.35 bits per heavy atom. The highest BCUT2D eigenvalue weighted by molar-refractivity contribution is 5.81. The van der Waals surface area contributed by atoms with Crippen molar-refractivity contribution in [3.63, 3.8) is 0 Å².